The van der Waals surface area contributed by atoms with Crippen molar-refractivity contribution in [3.05, 3.63) is 23.5 Å². The molecule has 8 heteroatoms. The molecule has 1 saturated heterocycles. The van der Waals surface area contributed by atoms with Crippen LogP contribution < -0.4 is 5.32 Å². The zero-order chi connectivity index (χ0) is 18.0. The number of hydrogen-bond acceptors (Lipinski definition) is 6. The van der Waals surface area contributed by atoms with Gasteiger partial charge in [-0.15, -0.1) is 0 Å². The Labute approximate surface area is 147 Å². The van der Waals surface area contributed by atoms with Gasteiger partial charge in [-0.25, -0.2) is 9.67 Å². The Hall–Kier alpha value is -2.22. The van der Waals surface area contributed by atoms with Gasteiger partial charge in [-0.05, 0) is 47.1 Å². The van der Waals surface area contributed by atoms with Crippen LogP contribution in [0.2, 0.25) is 0 Å². The molecule has 1 fully saturated rings. The lowest BCUT2D eigenvalue weighted by Gasteiger charge is -2.39. The second kappa shape index (κ2) is 7.35. The molecule has 1 amide bonds. The van der Waals surface area contributed by atoms with Crippen molar-refractivity contribution in [1.82, 2.24) is 24.8 Å². The molecule has 0 aliphatic carbocycles. The molecule has 0 bridgehead atoms. The van der Waals surface area contributed by atoms with Gasteiger partial charge >= 0.3 is 0 Å². The predicted octanol–water partition coefficient (Wildman–Crippen LogP) is 2.07. The van der Waals surface area contributed by atoms with Crippen molar-refractivity contribution in [2.24, 2.45) is 0 Å². The summed E-state index contributed by atoms with van der Waals surface area (Å²) in [5.74, 6) is 2.78. The summed E-state index contributed by atoms with van der Waals surface area (Å²) in [5.41, 5.74) is 0. The molecule has 2 aromatic rings. The van der Waals surface area contributed by atoms with E-state index in [0.717, 1.165) is 37.6 Å². The third-order valence-corrected chi connectivity index (χ3v) is 4.78. The van der Waals surface area contributed by atoms with E-state index in [4.69, 9.17) is 4.52 Å². The Bertz CT molecular complexity index is 737. The topological polar surface area (TPSA) is 89.1 Å². The molecule has 0 aromatic carbocycles. The number of piperidine rings is 1. The van der Waals surface area contributed by atoms with Crippen molar-refractivity contribution in [2.45, 2.75) is 65.6 Å². The van der Waals surface area contributed by atoms with Gasteiger partial charge in [0, 0.05) is 12.1 Å². The van der Waals surface area contributed by atoms with Crippen LogP contribution in [-0.4, -0.2) is 49.4 Å². The molecular weight excluding hydrogens is 320 g/mol. The van der Waals surface area contributed by atoms with Crippen LogP contribution in [0, 0.1) is 20.8 Å². The zero-order valence-electron chi connectivity index (χ0n) is 15.3. The summed E-state index contributed by atoms with van der Waals surface area (Å²) in [7, 11) is 0. The van der Waals surface area contributed by atoms with Gasteiger partial charge in [0.25, 0.3) is 0 Å². The van der Waals surface area contributed by atoms with Crippen molar-refractivity contribution in [3.63, 3.8) is 0 Å². The SMILES string of the molecule is Cc1nc(C)n(C[C@H]2CCCCN2[C@H](C)C(=O)Nc2cc(C)on2)n1. The fraction of sp³-hybridized carbons (Fsp3) is 0.647. The minimum absolute atomic E-state index is 0.0632. The van der Waals surface area contributed by atoms with E-state index in [9.17, 15) is 4.79 Å². The standard InChI is InChI=1S/C17H26N6O2/c1-11-9-16(21-25-11)19-17(24)12(2)22-8-6-5-7-15(22)10-23-14(4)18-13(3)20-23/h9,12,15H,5-8,10H2,1-4H3,(H,19,21,24)/t12-,15-/m1/s1. The molecule has 1 aliphatic rings. The monoisotopic (exact) mass is 346 g/mol. The van der Waals surface area contributed by atoms with Gasteiger partial charge < -0.3 is 9.84 Å². The molecular formula is C17H26N6O2. The van der Waals surface area contributed by atoms with Crippen molar-refractivity contribution in [2.75, 3.05) is 11.9 Å². The van der Waals surface area contributed by atoms with Gasteiger partial charge in [0.15, 0.2) is 5.82 Å². The summed E-state index contributed by atoms with van der Waals surface area (Å²) in [4.78, 5) is 19.3. The van der Waals surface area contributed by atoms with Gasteiger partial charge in [0.05, 0.1) is 12.6 Å². The molecule has 0 saturated carbocycles. The van der Waals surface area contributed by atoms with Crippen LogP contribution in [0.3, 0.4) is 0 Å². The highest BCUT2D eigenvalue weighted by Crippen LogP contribution is 2.22. The second-order valence-corrected chi connectivity index (χ2v) is 6.76. The van der Waals surface area contributed by atoms with Crippen LogP contribution >= 0.6 is 0 Å². The third kappa shape index (κ3) is 4.07. The van der Waals surface area contributed by atoms with E-state index in [-0.39, 0.29) is 18.0 Å². The van der Waals surface area contributed by atoms with E-state index < -0.39 is 0 Å². The largest absolute Gasteiger partial charge is 0.360 e. The van der Waals surface area contributed by atoms with Crippen molar-refractivity contribution in [1.29, 1.82) is 0 Å². The Morgan fingerprint density at radius 1 is 1.40 bits per heavy atom. The quantitative estimate of drug-likeness (QED) is 0.891. The number of nitrogens with one attached hydrogen (secondary N) is 1. The van der Waals surface area contributed by atoms with Crippen LogP contribution in [0.1, 0.15) is 43.6 Å². The first-order chi connectivity index (χ1) is 11.9. The first-order valence-corrected chi connectivity index (χ1v) is 8.82. The fourth-order valence-electron chi connectivity index (χ4n) is 3.47. The smallest absolute Gasteiger partial charge is 0.242 e. The Balaban J connectivity index is 1.68. The van der Waals surface area contributed by atoms with Crippen LogP contribution in [-0.2, 0) is 11.3 Å². The maximum atomic E-state index is 12.6. The summed E-state index contributed by atoms with van der Waals surface area (Å²) in [5, 5.41) is 11.1. The first-order valence-electron chi connectivity index (χ1n) is 8.82. The van der Waals surface area contributed by atoms with Crippen molar-refractivity contribution < 1.29 is 9.32 Å². The van der Waals surface area contributed by atoms with Crippen LogP contribution in [0.25, 0.3) is 0 Å². The highest BCUT2D eigenvalue weighted by molar-refractivity contribution is 5.93. The molecule has 0 spiro atoms. The fourth-order valence-corrected chi connectivity index (χ4v) is 3.47. The number of nitrogens with zero attached hydrogens (tertiary/aromatic N) is 5. The molecule has 8 nitrogen and oxygen atoms in total. The molecule has 3 rings (SSSR count). The normalized spacial score (nSPS) is 19.8. The summed E-state index contributed by atoms with van der Waals surface area (Å²) < 4.78 is 6.96. The lowest BCUT2D eigenvalue weighted by atomic mass is 9.99. The number of aryl methyl sites for hydroxylation is 3. The third-order valence-electron chi connectivity index (χ3n) is 4.78. The van der Waals surface area contributed by atoms with Crippen LogP contribution in [0.5, 0.6) is 0 Å². The molecule has 1 aliphatic heterocycles. The maximum absolute atomic E-state index is 12.6. The lowest BCUT2D eigenvalue weighted by molar-refractivity contribution is -0.122. The second-order valence-electron chi connectivity index (χ2n) is 6.76. The highest BCUT2D eigenvalue weighted by Gasteiger charge is 2.31. The van der Waals surface area contributed by atoms with Crippen LogP contribution in [0.15, 0.2) is 10.6 Å². The van der Waals surface area contributed by atoms with Crippen molar-refractivity contribution in [3.8, 4) is 0 Å². The van der Waals surface area contributed by atoms with E-state index in [1.807, 2.05) is 25.5 Å². The zero-order valence-corrected chi connectivity index (χ0v) is 15.3. The van der Waals surface area contributed by atoms with E-state index >= 15 is 0 Å². The van der Waals surface area contributed by atoms with Gasteiger partial charge in [0.2, 0.25) is 5.91 Å². The predicted molar refractivity (Wildman–Crippen MR) is 93.2 cm³/mol. The number of carbonyl (C=O) groups is 1. The average Bonchev–Trinajstić information content (AvgIpc) is 3.12. The minimum Gasteiger partial charge on any atom is -0.360 e. The molecule has 0 radical (unpaired) electrons. The summed E-state index contributed by atoms with van der Waals surface area (Å²) in [6.07, 6.45) is 3.33. The number of carbonyl (C=O) groups excluding carboxylic acids is 1. The molecule has 25 heavy (non-hydrogen) atoms. The Kier molecular flexibility index (Phi) is 5.17. The van der Waals surface area contributed by atoms with Crippen molar-refractivity contribution >= 4 is 11.7 Å². The average molecular weight is 346 g/mol. The molecule has 0 unspecified atom stereocenters. The first kappa shape index (κ1) is 17.6. The van der Waals surface area contributed by atoms with E-state index in [1.54, 1.807) is 13.0 Å². The lowest BCUT2D eigenvalue weighted by Crippen LogP contribution is -2.51. The summed E-state index contributed by atoms with van der Waals surface area (Å²) in [6.45, 7) is 9.28. The maximum Gasteiger partial charge on any atom is 0.242 e. The van der Waals surface area contributed by atoms with E-state index in [1.165, 1.54) is 6.42 Å². The van der Waals surface area contributed by atoms with Gasteiger partial charge in [0.1, 0.15) is 17.4 Å². The number of amides is 1. The van der Waals surface area contributed by atoms with Gasteiger partial charge in [-0.3, -0.25) is 9.69 Å². The molecule has 136 valence electrons. The number of anilines is 1. The minimum atomic E-state index is -0.243. The molecule has 2 aromatic heterocycles. The Morgan fingerprint density at radius 3 is 2.84 bits per heavy atom. The molecule has 3 heterocycles. The summed E-state index contributed by atoms with van der Waals surface area (Å²) >= 11 is 0. The molecule has 2 atom stereocenters. The number of rotatable bonds is 5. The Morgan fingerprint density at radius 2 is 2.20 bits per heavy atom. The number of aromatic nitrogens is 4. The van der Waals surface area contributed by atoms with Crippen LogP contribution in [0.4, 0.5) is 5.82 Å². The number of likely N-dealkylation sites (tertiary alicyclic amines) is 1. The van der Waals surface area contributed by atoms with Gasteiger partial charge in [-0.1, -0.05) is 11.6 Å². The van der Waals surface area contributed by atoms with E-state index in [0.29, 0.717) is 11.6 Å². The van der Waals surface area contributed by atoms with E-state index in [2.05, 4.69) is 25.5 Å². The molecule has 1 N–H and O–H groups in total. The summed E-state index contributed by atoms with van der Waals surface area (Å²) in [6, 6.07) is 1.75. The highest BCUT2D eigenvalue weighted by atomic mass is 16.5. The number of hydrogen-bond donors (Lipinski definition) is 1. The van der Waals surface area contributed by atoms with Gasteiger partial charge in [-0.2, -0.15) is 5.10 Å².